The van der Waals surface area contributed by atoms with Crippen molar-refractivity contribution >= 4 is 16.8 Å². The summed E-state index contributed by atoms with van der Waals surface area (Å²) in [6, 6.07) is 7.88. The summed E-state index contributed by atoms with van der Waals surface area (Å²) in [6.07, 6.45) is 3.02. The van der Waals surface area contributed by atoms with E-state index in [0.29, 0.717) is 12.5 Å². The van der Waals surface area contributed by atoms with Crippen LogP contribution in [0.25, 0.3) is 10.9 Å². The molecule has 3 fully saturated rings. The molecule has 3 aliphatic rings. The summed E-state index contributed by atoms with van der Waals surface area (Å²) < 4.78 is 5.30. The molecule has 4 heterocycles. The van der Waals surface area contributed by atoms with E-state index in [2.05, 4.69) is 21.7 Å². The van der Waals surface area contributed by atoms with Crippen molar-refractivity contribution in [3.8, 4) is 5.75 Å². The number of aromatic nitrogens is 1. The highest BCUT2D eigenvalue weighted by atomic mass is 16.5. The number of ether oxygens (including phenoxy) is 1. The third-order valence-corrected chi connectivity index (χ3v) is 5.86. The number of methoxy groups -OCH3 is 1. The zero-order valence-corrected chi connectivity index (χ0v) is 16.0. The number of hydrogen-bond acceptors (Lipinski definition) is 4. The molecule has 0 spiro atoms. The standard InChI is InChI=1S/C21H27N3O3/c1-3-8-24-17-5-4-14(21(24)26)11-23(13-17)12-16-9-15-10-18(27-2)6-7-19(15)22-20(16)25/h6-7,9-10,14,17H,3-5,8,11-13H2,1-2H3,(H,22,25)/t14-,17+/m1/s1. The van der Waals surface area contributed by atoms with E-state index in [9.17, 15) is 9.59 Å². The van der Waals surface area contributed by atoms with Crippen molar-refractivity contribution in [3.05, 3.63) is 40.2 Å². The molecule has 5 rings (SSSR count). The minimum absolute atomic E-state index is 0.0546. The van der Waals surface area contributed by atoms with Gasteiger partial charge in [0.25, 0.3) is 5.56 Å². The highest BCUT2D eigenvalue weighted by Crippen LogP contribution is 2.30. The number of rotatable bonds is 5. The number of carbonyl (C=O) groups excluding carboxylic acids is 1. The van der Waals surface area contributed by atoms with Gasteiger partial charge in [0.15, 0.2) is 0 Å². The first-order chi connectivity index (χ1) is 13.1. The molecule has 1 aromatic heterocycles. The van der Waals surface area contributed by atoms with Crippen LogP contribution in [0.1, 0.15) is 31.7 Å². The van der Waals surface area contributed by atoms with Gasteiger partial charge in [0.1, 0.15) is 5.75 Å². The summed E-state index contributed by atoms with van der Waals surface area (Å²) in [7, 11) is 1.64. The molecule has 0 radical (unpaired) electrons. The van der Waals surface area contributed by atoms with Crippen LogP contribution in [0.5, 0.6) is 5.75 Å². The van der Waals surface area contributed by atoms with Gasteiger partial charge >= 0.3 is 0 Å². The van der Waals surface area contributed by atoms with Crippen molar-refractivity contribution in [2.24, 2.45) is 5.92 Å². The first-order valence-corrected chi connectivity index (χ1v) is 9.82. The summed E-state index contributed by atoms with van der Waals surface area (Å²) in [4.78, 5) is 32.6. The van der Waals surface area contributed by atoms with Gasteiger partial charge in [-0.3, -0.25) is 14.5 Å². The van der Waals surface area contributed by atoms with E-state index in [1.807, 2.05) is 24.3 Å². The van der Waals surface area contributed by atoms with E-state index < -0.39 is 0 Å². The van der Waals surface area contributed by atoms with E-state index in [-0.39, 0.29) is 17.5 Å². The van der Waals surface area contributed by atoms with E-state index in [1.54, 1.807) is 7.11 Å². The fourth-order valence-electron chi connectivity index (χ4n) is 4.51. The maximum Gasteiger partial charge on any atom is 0.252 e. The van der Waals surface area contributed by atoms with Crippen LogP contribution in [0.4, 0.5) is 0 Å². The lowest BCUT2D eigenvalue weighted by Crippen LogP contribution is -2.48. The van der Waals surface area contributed by atoms with Crippen molar-refractivity contribution in [1.82, 2.24) is 14.8 Å². The van der Waals surface area contributed by atoms with Crippen LogP contribution in [0.2, 0.25) is 0 Å². The number of nitrogens with zero attached hydrogens (tertiary/aromatic N) is 2. The van der Waals surface area contributed by atoms with Crippen molar-refractivity contribution in [3.63, 3.8) is 0 Å². The smallest absolute Gasteiger partial charge is 0.252 e. The van der Waals surface area contributed by atoms with Crippen LogP contribution in [0.3, 0.4) is 0 Å². The zero-order chi connectivity index (χ0) is 19.0. The Morgan fingerprint density at radius 3 is 2.81 bits per heavy atom. The third-order valence-electron chi connectivity index (χ3n) is 5.86. The van der Waals surface area contributed by atoms with Gasteiger partial charge in [-0.2, -0.15) is 0 Å². The number of hydrogen-bond donors (Lipinski definition) is 1. The molecule has 144 valence electrons. The Morgan fingerprint density at radius 1 is 1.19 bits per heavy atom. The number of amides is 1. The minimum Gasteiger partial charge on any atom is -0.497 e. The Morgan fingerprint density at radius 2 is 2.04 bits per heavy atom. The molecule has 27 heavy (non-hydrogen) atoms. The predicted molar refractivity (Wildman–Crippen MR) is 105 cm³/mol. The lowest BCUT2D eigenvalue weighted by atomic mass is 9.94. The monoisotopic (exact) mass is 369 g/mol. The molecular weight excluding hydrogens is 342 g/mol. The van der Waals surface area contributed by atoms with Crippen molar-refractivity contribution in [2.75, 3.05) is 26.7 Å². The number of benzene rings is 1. The van der Waals surface area contributed by atoms with E-state index in [1.165, 1.54) is 0 Å². The van der Waals surface area contributed by atoms with Gasteiger partial charge in [0.2, 0.25) is 5.91 Å². The normalized spacial score (nSPS) is 23.0. The first kappa shape index (κ1) is 18.0. The molecule has 1 amide bonds. The molecule has 0 unspecified atom stereocenters. The van der Waals surface area contributed by atoms with E-state index >= 15 is 0 Å². The number of pyridine rings is 1. The Hall–Kier alpha value is -2.34. The van der Waals surface area contributed by atoms with Crippen LogP contribution in [-0.4, -0.2) is 53.5 Å². The Labute approximate surface area is 159 Å². The van der Waals surface area contributed by atoms with Crippen molar-refractivity contribution in [2.45, 2.75) is 38.8 Å². The van der Waals surface area contributed by atoms with Gasteiger partial charge in [0.05, 0.1) is 13.0 Å². The molecule has 3 aliphatic heterocycles. The molecule has 3 saturated heterocycles. The van der Waals surface area contributed by atoms with Gasteiger partial charge in [-0.1, -0.05) is 6.92 Å². The van der Waals surface area contributed by atoms with Gasteiger partial charge in [0, 0.05) is 48.7 Å². The molecule has 0 saturated carbocycles. The van der Waals surface area contributed by atoms with Crippen LogP contribution >= 0.6 is 0 Å². The number of piperidine rings is 1. The average molecular weight is 369 g/mol. The number of fused-ring (bicyclic) bond motifs is 5. The van der Waals surface area contributed by atoms with E-state index in [4.69, 9.17) is 4.74 Å². The number of aromatic amines is 1. The van der Waals surface area contributed by atoms with Crippen LogP contribution in [0.15, 0.2) is 29.1 Å². The Kier molecular flexibility index (Phi) is 4.91. The van der Waals surface area contributed by atoms with E-state index in [0.717, 1.165) is 61.1 Å². The van der Waals surface area contributed by atoms with Gasteiger partial charge in [-0.15, -0.1) is 0 Å². The molecule has 1 N–H and O–H groups in total. The molecule has 0 aliphatic carbocycles. The SMILES string of the molecule is CCCN1C(=O)[C@@H]2CC[C@H]1CN(Cc1cc3cc(OC)ccc3[nH]c1=O)C2. The van der Waals surface area contributed by atoms with Crippen LogP contribution in [0, 0.1) is 5.92 Å². The second-order valence-corrected chi connectivity index (χ2v) is 7.73. The molecule has 2 bridgehead atoms. The summed E-state index contributed by atoms with van der Waals surface area (Å²) in [6.45, 7) is 5.11. The fraction of sp³-hybridized carbons (Fsp3) is 0.524. The maximum atomic E-state index is 12.7. The largest absolute Gasteiger partial charge is 0.497 e. The topological polar surface area (TPSA) is 65.6 Å². The number of nitrogens with one attached hydrogen (secondary N) is 1. The summed E-state index contributed by atoms with van der Waals surface area (Å²) >= 11 is 0. The average Bonchev–Trinajstić information content (AvgIpc) is 2.94. The van der Waals surface area contributed by atoms with Gasteiger partial charge in [-0.25, -0.2) is 0 Å². The Balaban J connectivity index is 1.59. The lowest BCUT2D eigenvalue weighted by Gasteiger charge is -2.35. The van der Waals surface area contributed by atoms with Gasteiger partial charge in [-0.05, 0) is 43.5 Å². The summed E-state index contributed by atoms with van der Waals surface area (Å²) in [5.74, 6) is 1.14. The van der Waals surface area contributed by atoms with Crippen LogP contribution in [-0.2, 0) is 11.3 Å². The highest BCUT2D eigenvalue weighted by Gasteiger charge is 2.40. The summed E-state index contributed by atoms with van der Waals surface area (Å²) in [5.41, 5.74) is 1.50. The predicted octanol–water partition coefficient (Wildman–Crippen LogP) is 2.37. The molecule has 6 nitrogen and oxygen atoms in total. The maximum absolute atomic E-state index is 12.7. The van der Waals surface area contributed by atoms with Crippen LogP contribution < -0.4 is 10.3 Å². The minimum atomic E-state index is -0.0546. The lowest BCUT2D eigenvalue weighted by molar-refractivity contribution is -0.139. The zero-order valence-electron chi connectivity index (χ0n) is 16.0. The molecule has 6 heteroatoms. The molecule has 2 atom stereocenters. The summed E-state index contributed by atoms with van der Waals surface area (Å²) in [5, 5.41) is 0.963. The van der Waals surface area contributed by atoms with Gasteiger partial charge < -0.3 is 14.6 Å². The number of H-pyrrole nitrogens is 1. The molecule has 2 aromatic rings. The second kappa shape index (κ2) is 7.35. The second-order valence-electron chi connectivity index (χ2n) is 7.73. The third kappa shape index (κ3) is 3.46. The van der Waals surface area contributed by atoms with Crippen molar-refractivity contribution in [1.29, 1.82) is 0 Å². The quantitative estimate of drug-likeness (QED) is 0.879. The van der Waals surface area contributed by atoms with Crippen molar-refractivity contribution < 1.29 is 9.53 Å². The first-order valence-electron chi connectivity index (χ1n) is 9.82. The highest BCUT2D eigenvalue weighted by molar-refractivity contribution is 5.81. The Bertz CT molecular complexity index is 907. The fourth-order valence-corrected chi connectivity index (χ4v) is 4.51. The molecular formula is C21H27N3O3. The molecule has 1 aromatic carbocycles. The number of carbonyl (C=O) groups is 1.